The Bertz CT molecular complexity index is 766. The average Bonchev–Trinajstić information content (AvgIpc) is 3.05. The number of nitrogens with zero attached hydrogens (tertiary/aromatic N) is 2. The smallest absolute Gasteiger partial charge is 0.321 e. The number of hydrogen-bond donors (Lipinski definition) is 4. The van der Waals surface area contributed by atoms with Crippen LogP contribution in [0, 0.1) is 0 Å². The number of urea groups is 1. The second kappa shape index (κ2) is 7.35. The van der Waals surface area contributed by atoms with E-state index in [1.807, 2.05) is 24.3 Å². The second-order valence-corrected chi connectivity index (χ2v) is 6.16. The van der Waals surface area contributed by atoms with Gasteiger partial charge in [0, 0.05) is 57.1 Å². The molecule has 0 saturated carbocycles. The maximum atomic E-state index is 12.4. The van der Waals surface area contributed by atoms with E-state index in [9.17, 15) is 9.59 Å². The molecule has 1 aliphatic heterocycles. The minimum atomic E-state index is -0.189. The van der Waals surface area contributed by atoms with Gasteiger partial charge in [0.1, 0.15) is 0 Å². The largest absolute Gasteiger partial charge is 0.347 e. The van der Waals surface area contributed by atoms with Crippen LogP contribution in [0.4, 0.5) is 10.5 Å². The fraction of sp³-hybridized carbons (Fsp3) is 0.353. The summed E-state index contributed by atoms with van der Waals surface area (Å²) in [6.45, 7) is 1.96. The number of amides is 3. The zero-order chi connectivity index (χ0) is 17.8. The molecule has 25 heavy (non-hydrogen) atoms. The Labute approximate surface area is 146 Å². The number of carbonyl (C=O) groups excluding carboxylic acids is 2. The summed E-state index contributed by atoms with van der Waals surface area (Å²) in [5, 5.41) is 16.0. The SMILES string of the molecule is CN(C)C(=O)Nc1ccc(CNC(=O)c2n[nH]c3c2CNCC3)cc1. The highest BCUT2D eigenvalue weighted by molar-refractivity contribution is 5.94. The van der Waals surface area contributed by atoms with Crippen molar-refractivity contribution in [2.45, 2.75) is 19.5 Å². The van der Waals surface area contributed by atoms with Crippen LogP contribution in [0.25, 0.3) is 0 Å². The van der Waals surface area contributed by atoms with E-state index in [1.54, 1.807) is 14.1 Å². The van der Waals surface area contributed by atoms with Gasteiger partial charge in [0.15, 0.2) is 5.69 Å². The van der Waals surface area contributed by atoms with Gasteiger partial charge in [-0.2, -0.15) is 5.10 Å². The number of nitrogens with one attached hydrogen (secondary N) is 4. The van der Waals surface area contributed by atoms with Gasteiger partial charge in [-0.1, -0.05) is 12.1 Å². The number of carbonyl (C=O) groups is 2. The first kappa shape index (κ1) is 17.0. The molecule has 1 aromatic carbocycles. The molecule has 1 aliphatic rings. The average molecular weight is 342 g/mol. The van der Waals surface area contributed by atoms with Crippen LogP contribution in [0.3, 0.4) is 0 Å². The molecule has 4 N–H and O–H groups in total. The van der Waals surface area contributed by atoms with Gasteiger partial charge in [-0.25, -0.2) is 4.79 Å². The molecule has 0 atom stereocenters. The lowest BCUT2D eigenvalue weighted by molar-refractivity contribution is 0.0944. The first-order valence-corrected chi connectivity index (χ1v) is 8.17. The third-order valence-electron chi connectivity index (χ3n) is 4.09. The number of aromatic nitrogens is 2. The minimum Gasteiger partial charge on any atom is -0.347 e. The highest BCUT2D eigenvalue weighted by Crippen LogP contribution is 2.15. The van der Waals surface area contributed by atoms with Gasteiger partial charge in [-0.3, -0.25) is 9.89 Å². The van der Waals surface area contributed by atoms with Crippen LogP contribution in [0.5, 0.6) is 0 Å². The van der Waals surface area contributed by atoms with E-state index in [0.717, 1.165) is 29.8 Å². The van der Waals surface area contributed by atoms with E-state index in [2.05, 4.69) is 26.1 Å². The third-order valence-corrected chi connectivity index (χ3v) is 4.09. The van der Waals surface area contributed by atoms with Crippen molar-refractivity contribution >= 4 is 17.6 Å². The second-order valence-electron chi connectivity index (χ2n) is 6.16. The maximum absolute atomic E-state index is 12.4. The van der Waals surface area contributed by atoms with Crippen molar-refractivity contribution in [1.82, 2.24) is 25.7 Å². The minimum absolute atomic E-state index is 0.182. The fourth-order valence-corrected chi connectivity index (χ4v) is 2.62. The molecule has 2 heterocycles. The van der Waals surface area contributed by atoms with Crippen LogP contribution in [-0.2, 0) is 19.5 Å². The number of rotatable bonds is 4. The molecule has 1 aromatic heterocycles. The van der Waals surface area contributed by atoms with Crippen LogP contribution in [0.15, 0.2) is 24.3 Å². The van der Waals surface area contributed by atoms with E-state index >= 15 is 0 Å². The molecule has 8 nitrogen and oxygen atoms in total. The molecule has 2 aromatic rings. The number of fused-ring (bicyclic) bond motifs is 1. The Morgan fingerprint density at radius 1 is 1.24 bits per heavy atom. The lowest BCUT2D eigenvalue weighted by atomic mass is 10.1. The van der Waals surface area contributed by atoms with Crippen LogP contribution < -0.4 is 16.0 Å². The van der Waals surface area contributed by atoms with Crippen LogP contribution in [-0.4, -0.2) is 47.7 Å². The Hall–Kier alpha value is -2.87. The van der Waals surface area contributed by atoms with E-state index < -0.39 is 0 Å². The van der Waals surface area contributed by atoms with Crippen LogP contribution >= 0.6 is 0 Å². The molecule has 3 amide bonds. The summed E-state index contributed by atoms with van der Waals surface area (Å²) in [5.41, 5.74) is 4.09. The van der Waals surface area contributed by atoms with E-state index in [4.69, 9.17) is 0 Å². The van der Waals surface area contributed by atoms with Crippen molar-refractivity contribution in [3.8, 4) is 0 Å². The van der Waals surface area contributed by atoms with Gasteiger partial charge in [0.05, 0.1) is 0 Å². The lowest BCUT2D eigenvalue weighted by Gasteiger charge is -2.13. The molecular weight excluding hydrogens is 320 g/mol. The van der Waals surface area contributed by atoms with Crippen molar-refractivity contribution in [3.05, 3.63) is 46.8 Å². The number of anilines is 1. The summed E-state index contributed by atoms with van der Waals surface area (Å²) in [4.78, 5) is 25.4. The maximum Gasteiger partial charge on any atom is 0.321 e. The molecule has 0 radical (unpaired) electrons. The van der Waals surface area contributed by atoms with Crippen molar-refractivity contribution in [2.24, 2.45) is 0 Å². The predicted molar refractivity (Wildman–Crippen MR) is 94.3 cm³/mol. The highest BCUT2D eigenvalue weighted by atomic mass is 16.2. The molecule has 3 rings (SSSR count). The molecule has 8 heteroatoms. The summed E-state index contributed by atoms with van der Waals surface area (Å²) in [6.07, 6.45) is 0.857. The van der Waals surface area contributed by atoms with Crippen molar-refractivity contribution in [2.75, 3.05) is 26.0 Å². The van der Waals surface area contributed by atoms with Crippen LogP contribution in [0.2, 0.25) is 0 Å². The predicted octanol–water partition coefficient (Wildman–Crippen LogP) is 1.08. The normalized spacial score (nSPS) is 13.0. The molecule has 0 fully saturated rings. The van der Waals surface area contributed by atoms with Crippen LogP contribution in [0.1, 0.15) is 27.3 Å². The van der Waals surface area contributed by atoms with Gasteiger partial charge in [-0.15, -0.1) is 0 Å². The number of aromatic amines is 1. The van der Waals surface area contributed by atoms with E-state index in [1.165, 1.54) is 4.90 Å². The molecule has 0 unspecified atom stereocenters. The Kier molecular flexibility index (Phi) is 4.99. The van der Waals surface area contributed by atoms with Gasteiger partial charge in [-0.05, 0) is 17.7 Å². The molecule has 0 aliphatic carbocycles. The molecule has 132 valence electrons. The van der Waals surface area contributed by atoms with Crippen molar-refractivity contribution < 1.29 is 9.59 Å². The van der Waals surface area contributed by atoms with Gasteiger partial charge < -0.3 is 20.9 Å². The highest BCUT2D eigenvalue weighted by Gasteiger charge is 2.21. The first-order valence-electron chi connectivity index (χ1n) is 8.17. The summed E-state index contributed by atoms with van der Waals surface area (Å²) in [5.74, 6) is -0.189. The Morgan fingerprint density at radius 2 is 2.00 bits per heavy atom. The van der Waals surface area contributed by atoms with Crippen molar-refractivity contribution in [3.63, 3.8) is 0 Å². The molecule has 0 saturated heterocycles. The number of hydrogen-bond acceptors (Lipinski definition) is 4. The molecule has 0 spiro atoms. The first-order chi connectivity index (χ1) is 12.0. The Morgan fingerprint density at radius 3 is 2.72 bits per heavy atom. The summed E-state index contributed by atoms with van der Waals surface area (Å²) in [6, 6.07) is 7.17. The summed E-state index contributed by atoms with van der Waals surface area (Å²) >= 11 is 0. The lowest BCUT2D eigenvalue weighted by Crippen LogP contribution is -2.28. The number of benzene rings is 1. The van der Waals surface area contributed by atoms with Gasteiger partial charge >= 0.3 is 6.03 Å². The van der Waals surface area contributed by atoms with E-state index in [0.29, 0.717) is 24.5 Å². The topological polar surface area (TPSA) is 102 Å². The molecule has 0 bridgehead atoms. The van der Waals surface area contributed by atoms with Crippen molar-refractivity contribution in [1.29, 1.82) is 0 Å². The number of H-pyrrole nitrogens is 1. The van der Waals surface area contributed by atoms with Gasteiger partial charge in [0.25, 0.3) is 5.91 Å². The summed E-state index contributed by atoms with van der Waals surface area (Å²) in [7, 11) is 3.37. The monoisotopic (exact) mass is 342 g/mol. The standard InChI is InChI=1S/C17H22N6O2/c1-23(2)17(25)20-12-5-3-11(4-6-12)9-19-16(24)15-13-10-18-8-7-14(13)21-22-15/h3-6,18H,7-10H2,1-2H3,(H,19,24)(H,20,25)(H,21,22). The summed E-state index contributed by atoms with van der Waals surface area (Å²) < 4.78 is 0. The third kappa shape index (κ3) is 3.97. The Balaban J connectivity index is 1.57. The zero-order valence-corrected chi connectivity index (χ0v) is 14.3. The van der Waals surface area contributed by atoms with Gasteiger partial charge in [0.2, 0.25) is 0 Å². The zero-order valence-electron chi connectivity index (χ0n) is 14.3. The van der Waals surface area contributed by atoms with E-state index in [-0.39, 0.29) is 11.9 Å². The quantitative estimate of drug-likeness (QED) is 0.668. The fourth-order valence-electron chi connectivity index (χ4n) is 2.62. The molecular formula is C17H22N6O2.